The Labute approximate surface area is 117 Å². The van der Waals surface area contributed by atoms with Crippen LogP contribution >= 0.6 is 11.3 Å². The lowest BCUT2D eigenvalue weighted by Gasteiger charge is -2.27. The van der Waals surface area contributed by atoms with E-state index in [-0.39, 0.29) is 0 Å². The van der Waals surface area contributed by atoms with E-state index in [1.807, 2.05) is 23.7 Å². The monoisotopic (exact) mass is 274 g/mol. The van der Waals surface area contributed by atoms with Gasteiger partial charge in [-0.15, -0.1) is 11.3 Å². The van der Waals surface area contributed by atoms with E-state index in [0.717, 1.165) is 44.1 Å². The second-order valence-electron chi connectivity index (χ2n) is 4.69. The SMILES string of the molecule is CCNCc1cnc(N2CCc3sccc3C2)cn1. The van der Waals surface area contributed by atoms with Gasteiger partial charge in [0.1, 0.15) is 5.82 Å². The zero-order chi connectivity index (χ0) is 13.1. The van der Waals surface area contributed by atoms with E-state index in [1.165, 1.54) is 10.4 Å². The number of hydrogen-bond donors (Lipinski definition) is 1. The van der Waals surface area contributed by atoms with E-state index in [1.54, 1.807) is 0 Å². The van der Waals surface area contributed by atoms with Crippen LogP contribution in [0.1, 0.15) is 23.1 Å². The predicted octanol–water partition coefficient (Wildman–Crippen LogP) is 2.21. The number of fused-ring (bicyclic) bond motifs is 1. The molecule has 2 aromatic heterocycles. The first kappa shape index (κ1) is 12.6. The lowest BCUT2D eigenvalue weighted by atomic mass is 10.1. The van der Waals surface area contributed by atoms with Gasteiger partial charge >= 0.3 is 0 Å². The molecule has 1 aliphatic rings. The molecular formula is C14H18N4S. The summed E-state index contributed by atoms with van der Waals surface area (Å²) in [6.45, 7) is 5.83. The zero-order valence-electron chi connectivity index (χ0n) is 11.1. The van der Waals surface area contributed by atoms with Crippen molar-refractivity contribution < 1.29 is 0 Å². The van der Waals surface area contributed by atoms with Crippen molar-refractivity contribution in [2.45, 2.75) is 26.4 Å². The first-order chi connectivity index (χ1) is 9.36. The Hall–Kier alpha value is -1.46. The number of hydrogen-bond acceptors (Lipinski definition) is 5. The van der Waals surface area contributed by atoms with Gasteiger partial charge in [0.05, 0.1) is 18.1 Å². The van der Waals surface area contributed by atoms with Crippen LogP contribution in [0, 0.1) is 0 Å². The molecule has 0 unspecified atom stereocenters. The van der Waals surface area contributed by atoms with Crippen molar-refractivity contribution in [2.24, 2.45) is 0 Å². The lowest BCUT2D eigenvalue weighted by Crippen LogP contribution is -2.30. The summed E-state index contributed by atoms with van der Waals surface area (Å²) in [5, 5.41) is 5.44. The van der Waals surface area contributed by atoms with Gasteiger partial charge in [-0.3, -0.25) is 4.98 Å². The van der Waals surface area contributed by atoms with Gasteiger partial charge < -0.3 is 10.2 Å². The van der Waals surface area contributed by atoms with Crippen LogP contribution in [0.2, 0.25) is 0 Å². The number of rotatable bonds is 4. The van der Waals surface area contributed by atoms with Crippen molar-refractivity contribution in [1.82, 2.24) is 15.3 Å². The van der Waals surface area contributed by atoms with Crippen LogP contribution < -0.4 is 10.2 Å². The van der Waals surface area contributed by atoms with Crippen molar-refractivity contribution in [2.75, 3.05) is 18.0 Å². The summed E-state index contributed by atoms with van der Waals surface area (Å²) < 4.78 is 0. The number of aromatic nitrogens is 2. The highest BCUT2D eigenvalue weighted by molar-refractivity contribution is 7.10. The molecule has 0 aliphatic carbocycles. The largest absolute Gasteiger partial charge is 0.351 e. The fourth-order valence-corrected chi connectivity index (χ4v) is 3.19. The first-order valence-electron chi connectivity index (χ1n) is 6.68. The molecule has 3 rings (SSSR count). The van der Waals surface area contributed by atoms with E-state index in [2.05, 4.69) is 38.6 Å². The normalized spacial score (nSPS) is 14.5. The van der Waals surface area contributed by atoms with Gasteiger partial charge in [0.15, 0.2) is 0 Å². The molecule has 0 saturated heterocycles. The molecule has 5 heteroatoms. The molecule has 0 saturated carbocycles. The lowest BCUT2D eigenvalue weighted by molar-refractivity contribution is 0.698. The van der Waals surface area contributed by atoms with Crippen molar-refractivity contribution >= 4 is 17.2 Å². The maximum absolute atomic E-state index is 4.54. The Morgan fingerprint density at radius 3 is 3.11 bits per heavy atom. The van der Waals surface area contributed by atoms with E-state index < -0.39 is 0 Å². The molecule has 0 amide bonds. The Kier molecular flexibility index (Phi) is 3.75. The van der Waals surface area contributed by atoms with Crippen LogP contribution in [0.3, 0.4) is 0 Å². The van der Waals surface area contributed by atoms with Crippen LogP contribution in [0.15, 0.2) is 23.8 Å². The maximum Gasteiger partial charge on any atom is 0.147 e. The first-order valence-corrected chi connectivity index (χ1v) is 7.56. The third kappa shape index (κ3) is 2.77. The fourth-order valence-electron chi connectivity index (χ4n) is 2.30. The number of nitrogens with one attached hydrogen (secondary N) is 1. The summed E-state index contributed by atoms with van der Waals surface area (Å²) in [5.74, 6) is 0.983. The van der Waals surface area contributed by atoms with E-state index in [9.17, 15) is 0 Å². The summed E-state index contributed by atoms with van der Waals surface area (Å²) >= 11 is 1.86. The highest BCUT2D eigenvalue weighted by Crippen LogP contribution is 2.26. The summed E-state index contributed by atoms with van der Waals surface area (Å²) in [6, 6.07) is 2.22. The summed E-state index contributed by atoms with van der Waals surface area (Å²) in [7, 11) is 0. The average molecular weight is 274 g/mol. The van der Waals surface area contributed by atoms with Crippen molar-refractivity contribution in [1.29, 1.82) is 0 Å². The zero-order valence-corrected chi connectivity index (χ0v) is 11.9. The smallest absolute Gasteiger partial charge is 0.147 e. The predicted molar refractivity (Wildman–Crippen MR) is 78.5 cm³/mol. The molecule has 0 aromatic carbocycles. The van der Waals surface area contributed by atoms with E-state index >= 15 is 0 Å². The number of anilines is 1. The number of nitrogens with zero attached hydrogens (tertiary/aromatic N) is 3. The summed E-state index contributed by atoms with van der Waals surface area (Å²) in [6.07, 6.45) is 4.89. The second-order valence-corrected chi connectivity index (χ2v) is 5.69. The molecule has 1 N–H and O–H groups in total. The molecule has 0 bridgehead atoms. The Morgan fingerprint density at radius 1 is 1.37 bits per heavy atom. The van der Waals surface area contributed by atoms with Crippen molar-refractivity contribution in [3.05, 3.63) is 40.0 Å². The highest BCUT2D eigenvalue weighted by Gasteiger charge is 2.18. The van der Waals surface area contributed by atoms with Gasteiger partial charge in [-0.05, 0) is 30.0 Å². The highest BCUT2D eigenvalue weighted by atomic mass is 32.1. The van der Waals surface area contributed by atoms with Crippen LogP contribution in [-0.4, -0.2) is 23.1 Å². The minimum absolute atomic E-state index is 0.790. The Balaban J connectivity index is 1.70. The van der Waals surface area contributed by atoms with Crippen LogP contribution in [0.25, 0.3) is 0 Å². The van der Waals surface area contributed by atoms with E-state index in [4.69, 9.17) is 0 Å². The Bertz CT molecular complexity index is 535. The molecular weight excluding hydrogens is 256 g/mol. The maximum atomic E-state index is 4.54. The second kappa shape index (κ2) is 5.67. The average Bonchev–Trinajstić information content (AvgIpc) is 2.93. The minimum Gasteiger partial charge on any atom is -0.351 e. The topological polar surface area (TPSA) is 41.1 Å². The van der Waals surface area contributed by atoms with Crippen LogP contribution in [0.4, 0.5) is 5.82 Å². The van der Waals surface area contributed by atoms with E-state index in [0.29, 0.717) is 0 Å². The van der Waals surface area contributed by atoms with Gasteiger partial charge in [-0.1, -0.05) is 6.92 Å². The quantitative estimate of drug-likeness (QED) is 0.928. The molecule has 100 valence electrons. The van der Waals surface area contributed by atoms with Gasteiger partial charge in [-0.2, -0.15) is 0 Å². The summed E-state index contributed by atoms with van der Waals surface area (Å²) in [4.78, 5) is 12.8. The summed E-state index contributed by atoms with van der Waals surface area (Å²) in [5.41, 5.74) is 2.44. The van der Waals surface area contributed by atoms with Gasteiger partial charge in [0.25, 0.3) is 0 Å². The molecule has 3 heterocycles. The van der Waals surface area contributed by atoms with Gasteiger partial charge in [0.2, 0.25) is 0 Å². The third-order valence-corrected chi connectivity index (χ3v) is 4.40. The number of thiophene rings is 1. The molecule has 0 fully saturated rings. The van der Waals surface area contributed by atoms with Crippen molar-refractivity contribution in [3.8, 4) is 0 Å². The minimum atomic E-state index is 0.790. The van der Waals surface area contributed by atoms with Crippen LogP contribution in [0.5, 0.6) is 0 Å². The fraction of sp³-hybridized carbons (Fsp3) is 0.429. The van der Waals surface area contributed by atoms with Crippen molar-refractivity contribution in [3.63, 3.8) is 0 Å². The molecule has 19 heavy (non-hydrogen) atoms. The van der Waals surface area contributed by atoms with Gasteiger partial charge in [0, 0.05) is 24.5 Å². The molecule has 0 atom stereocenters. The molecule has 1 aliphatic heterocycles. The molecule has 0 spiro atoms. The molecule has 2 aromatic rings. The van der Waals surface area contributed by atoms with Crippen LogP contribution in [-0.2, 0) is 19.5 Å². The molecule has 0 radical (unpaired) electrons. The standard InChI is InChI=1S/C14H18N4S/c1-2-15-7-12-8-17-14(9-16-12)18-5-3-13-11(10-18)4-6-19-13/h4,6,8-9,15H,2-3,5,7,10H2,1H3. The van der Waals surface area contributed by atoms with Gasteiger partial charge in [-0.25, -0.2) is 4.98 Å². The Morgan fingerprint density at radius 2 is 2.32 bits per heavy atom. The molecule has 4 nitrogen and oxygen atoms in total. The third-order valence-electron chi connectivity index (χ3n) is 3.38.